The molecule has 0 amide bonds. The van der Waals surface area contributed by atoms with Crippen molar-refractivity contribution < 1.29 is 5.11 Å². The SMILES string of the molecule is CN(C)CC[C@@]12CCCC[C@]1(O)CCc1cc(Cl)c(Cl)cc12.Cl. The van der Waals surface area contributed by atoms with Crippen LogP contribution in [0.5, 0.6) is 0 Å². The van der Waals surface area contributed by atoms with Crippen LogP contribution in [-0.2, 0) is 11.8 Å². The van der Waals surface area contributed by atoms with Crippen molar-refractivity contribution in [2.24, 2.45) is 0 Å². The molecule has 0 spiro atoms. The Morgan fingerprint density at radius 2 is 1.74 bits per heavy atom. The van der Waals surface area contributed by atoms with Crippen LogP contribution < -0.4 is 0 Å². The van der Waals surface area contributed by atoms with Gasteiger partial charge < -0.3 is 10.0 Å². The summed E-state index contributed by atoms with van der Waals surface area (Å²) >= 11 is 12.5. The van der Waals surface area contributed by atoms with Crippen LogP contribution in [0.1, 0.15) is 49.7 Å². The van der Waals surface area contributed by atoms with Gasteiger partial charge in [-0.05, 0) is 76.0 Å². The number of hydrogen-bond acceptors (Lipinski definition) is 2. The number of nitrogens with zero attached hydrogens (tertiary/aromatic N) is 1. The smallest absolute Gasteiger partial charge is 0.0747 e. The average Bonchev–Trinajstić information content (AvgIpc) is 2.47. The Hall–Kier alpha value is 0.01000. The first-order valence-electron chi connectivity index (χ1n) is 8.23. The molecule has 2 atom stereocenters. The molecule has 1 N–H and O–H groups in total. The molecule has 1 saturated carbocycles. The molecule has 0 bridgehead atoms. The zero-order valence-electron chi connectivity index (χ0n) is 13.9. The quantitative estimate of drug-likeness (QED) is 0.812. The number of rotatable bonds is 3. The highest BCUT2D eigenvalue weighted by Crippen LogP contribution is 2.55. The zero-order valence-corrected chi connectivity index (χ0v) is 16.2. The van der Waals surface area contributed by atoms with Crippen molar-refractivity contribution in [3.63, 3.8) is 0 Å². The highest BCUT2D eigenvalue weighted by Gasteiger charge is 2.54. The van der Waals surface area contributed by atoms with Crippen LogP contribution in [0.3, 0.4) is 0 Å². The van der Waals surface area contributed by atoms with Crippen molar-refractivity contribution >= 4 is 35.6 Å². The summed E-state index contributed by atoms with van der Waals surface area (Å²) in [5.41, 5.74) is 1.76. The normalized spacial score (nSPS) is 29.7. The van der Waals surface area contributed by atoms with E-state index in [1.807, 2.05) is 12.1 Å². The molecule has 2 nitrogen and oxygen atoms in total. The van der Waals surface area contributed by atoms with Crippen LogP contribution in [0.15, 0.2) is 12.1 Å². The average molecular weight is 379 g/mol. The number of aryl methyl sites for hydroxylation is 1. The lowest BCUT2D eigenvalue weighted by atomic mass is 9.53. The largest absolute Gasteiger partial charge is 0.389 e. The summed E-state index contributed by atoms with van der Waals surface area (Å²) < 4.78 is 0. The van der Waals surface area contributed by atoms with Crippen molar-refractivity contribution in [1.82, 2.24) is 4.90 Å². The van der Waals surface area contributed by atoms with Crippen LogP contribution in [0.4, 0.5) is 0 Å². The van der Waals surface area contributed by atoms with Crippen LogP contribution in [0.2, 0.25) is 10.0 Å². The van der Waals surface area contributed by atoms with E-state index >= 15 is 0 Å². The molecular formula is C18H26Cl3NO. The van der Waals surface area contributed by atoms with Crippen LogP contribution in [-0.4, -0.2) is 36.2 Å². The standard InChI is InChI=1S/C18H25Cl2NO.ClH/c1-21(2)10-9-17-6-3-4-7-18(17,22)8-5-13-11-15(19)16(20)12-14(13)17;/h11-12,22H,3-10H2,1-2H3;1H/t17-,18+;/m1./s1. The Bertz CT molecular complexity index is 578. The van der Waals surface area contributed by atoms with E-state index in [0.717, 1.165) is 45.1 Å². The molecule has 0 heterocycles. The maximum atomic E-state index is 11.5. The number of halogens is 3. The minimum atomic E-state index is -0.592. The molecule has 0 aromatic heterocycles. The molecule has 1 fully saturated rings. The lowest BCUT2D eigenvalue weighted by Crippen LogP contribution is -2.57. The summed E-state index contributed by atoms with van der Waals surface area (Å²) in [6.07, 6.45) is 6.95. The minimum Gasteiger partial charge on any atom is -0.389 e. The monoisotopic (exact) mass is 377 g/mol. The molecule has 3 rings (SSSR count). The number of benzene rings is 1. The highest BCUT2D eigenvalue weighted by molar-refractivity contribution is 6.42. The first kappa shape index (κ1) is 19.3. The first-order chi connectivity index (χ1) is 10.4. The highest BCUT2D eigenvalue weighted by atomic mass is 35.5. The Balaban J connectivity index is 0.00000192. The van der Waals surface area contributed by atoms with Gasteiger partial charge in [0, 0.05) is 5.41 Å². The predicted octanol–water partition coefficient (Wildman–Crippen LogP) is 4.86. The second-order valence-electron chi connectivity index (χ2n) is 7.30. The lowest BCUT2D eigenvalue weighted by molar-refractivity contribution is -0.0887. The zero-order chi connectivity index (χ0) is 16.0. The van der Waals surface area contributed by atoms with Crippen LogP contribution in [0, 0.1) is 0 Å². The van der Waals surface area contributed by atoms with Crippen LogP contribution in [0.25, 0.3) is 0 Å². The van der Waals surface area contributed by atoms with Gasteiger partial charge in [0.2, 0.25) is 0 Å². The maximum absolute atomic E-state index is 11.5. The van der Waals surface area contributed by atoms with E-state index in [-0.39, 0.29) is 17.8 Å². The topological polar surface area (TPSA) is 23.5 Å². The van der Waals surface area contributed by atoms with Gasteiger partial charge in [-0.3, -0.25) is 0 Å². The fraction of sp³-hybridized carbons (Fsp3) is 0.667. The summed E-state index contributed by atoms with van der Waals surface area (Å²) in [5.74, 6) is 0. The molecular weight excluding hydrogens is 353 g/mol. The summed E-state index contributed by atoms with van der Waals surface area (Å²) in [7, 11) is 4.19. The van der Waals surface area contributed by atoms with E-state index in [4.69, 9.17) is 23.2 Å². The van der Waals surface area contributed by atoms with Crippen molar-refractivity contribution in [2.75, 3.05) is 20.6 Å². The van der Waals surface area contributed by atoms with Gasteiger partial charge >= 0.3 is 0 Å². The maximum Gasteiger partial charge on any atom is 0.0747 e. The van der Waals surface area contributed by atoms with Crippen molar-refractivity contribution in [2.45, 2.75) is 56.0 Å². The minimum absolute atomic E-state index is 0. The van der Waals surface area contributed by atoms with Gasteiger partial charge in [-0.1, -0.05) is 36.0 Å². The van der Waals surface area contributed by atoms with Crippen LogP contribution >= 0.6 is 35.6 Å². The third kappa shape index (κ3) is 3.26. The van der Waals surface area contributed by atoms with E-state index < -0.39 is 5.60 Å². The number of hydrogen-bond donors (Lipinski definition) is 1. The van der Waals surface area contributed by atoms with Crippen molar-refractivity contribution in [3.05, 3.63) is 33.3 Å². The van der Waals surface area contributed by atoms with E-state index in [2.05, 4.69) is 19.0 Å². The summed E-state index contributed by atoms with van der Waals surface area (Å²) in [5, 5.41) is 12.7. The molecule has 0 unspecified atom stereocenters. The Morgan fingerprint density at radius 1 is 1.09 bits per heavy atom. The molecule has 130 valence electrons. The fourth-order valence-corrected chi connectivity index (χ4v) is 4.90. The summed E-state index contributed by atoms with van der Waals surface area (Å²) in [4.78, 5) is 2.20. The van der Waals surface area contributed by atoms with Gasteiger partial charge in [0.1, 0.15) is 0 Å². The van der Waals surface area contributed by atoms with Gasteiger partial charge in [0.05, 0.1) is 15.6 Å². The van der Waals surface area contributed by atoms with Gasteiger partial charge in [0.15, 0.2) is 0 Å². The van der Waals surface area contributed by atoms with E-state index in [0.29, 0.717) is 10.0 Å². The van der Waals surface area contributed by atoms with Crippen molar-refractivity contribution in [1.29, 1.82) is 0 Å². The summed E-state index contributed by atoms with van der Waals surface area (Å²) in [6.45, 7) is 0.974. The fourth-order valence-electron chi connectivity index (χ4n) is 4.55. The third-order valence-electron chi connectivity index (χ3n) is 5.79. The first-order valence-corrected chi connectivity index (χ1v) is 8.99. The molecule has 1 aromatic rings. The van der Waals surface area contributed by atoms with E-state index in [1.165, 1.54) is 17.5 Å². The molecule has 0 saturated heterocycles. The second-order valence-corrected chi connectivity index (χ2v) is 8.11. The second kappa shape index (κ2) is 7.09. The van der Waals surface area contributed by atoms with Gasteiger partial charge in [-0.2, -0.15) is 0 Å². The summed E-state index contributed by atoms with van der Waals surface area (Å²) in [6, 6.07) is 4.05. The van der Waals surface area contributed by atoms with Gasteiger partial charge in [-0.25, -0.2) is 0 Å². The Kier molecular flexibility index (Phi) is 5.96. The van der Waals surface area contributed by atoms with Gasteiger partial charge in [-0.15, -0.1) is 12.4 Å². The molecule has 2 aliphatic rings. The number of fused-ring (bicyclic) bond motifs is 3. The molecule has 0 radical (unpaired) electrons. The van der Waals surface area contributed by atoms with Gasteiger partial charge in [0.25, 0.3) is 0 Å². The Morgan fingerprint density at radius 3 is 2.43 bits per heavy atom. The molecule has 23 heavy (non-hydrogen) atoms. The van der Waals surface area contributed by atoms with E-state index in [9.17, 15) is 5.11 Å². The molecule has 0 aliphatic heterocycles. The molecule has 1 aromatic carbocycles. The van der Waals surface area contributed by atoms with Crippen molar-refractivity contribution in [3.8, 4) is 0 Å². The third-order valence-corrected chi connectivity index (χ3v) is 6.51. The van der Waals surface area contributed by atoms with E-state index in [1.54, 1.807) is 0 Å². The molecule has 5 heteroatoms. The molecule has 2 aliphatic carbocycles. The lowest BCUT2D eigenvalue weighted by Gasteiger charge is -2.55. The predicted molar refractivity (Wildman–Crippen MR) is 100 cm³/mol. The number of aliphatic hydroxyl groups is 1. The Labute approximate surface area is 155 Å².